The zero-order valence-corrected chi connectivity index (χ0v) is 17.0. The van der Waals surface area contributed by atoms with Crippen molar-refractivity contribution in [2.45, 2.75) is 45.6 Å². The molecule has 0 unspecified atom stereocenters. The molecule has 0 saturated heterocycles. The second-order valence-corrected chi connectivity index (χ2v) is 8.29. The van der Waals surface area contributed by atoms with E-state index in [9.17, 15) is 9.59 Å². The Morgan fingerprint density at radius 2 is 1.77 bits per heavy atom. The highest BCUT2D eigenvalue weighted by Crippen LogP contribution is 2.27. The number of hydrogen-bond donors (Lipinski definition) is 1. The number of amides is 1. The number of Topliss-reactive ketones (excluding diaryl/α,β-unsaturated/α-hetero) is 1. The number of ketones is 1. The Labute approximate surface area is 161 Å². The standard InChI is InChI=1S/C19H22BrN3O3/c1-18(2,3)26-17(25)23-13-6-7-14(22-11-13)16(24)19(4,5)15-10-12(20)8-9-21-15/h6-11H,1-5H3,(H,23,25). The number of anilines is 1. The summed E-state index contributed by atoms with van der Waals surface area (Å²) in [4.78, 5) is 33.1. The van der Waals surface area contributed by atoms with Gasteiger partial charge in [-0.25, -0.2) is 4.79 Å². The number of hydrogen-bond acceptors (Lipinski definition) is 5. The number of ether oxygens (including phenoxy) is 1. The fourth-order valence-corrected chi connectivity index (χ4v) is 2.54. The fourth-order valence-electron chi connectivity index (χ4n) is 2.21. The van der Waals surface area contributed by atoms with Crippen molar-refractivity contribution in [3.63, 3.8) is 0 Å². The summed E-state index contributed by atoms with van der Waals surface area (Å²) in [6, 6.07) is 6.82. The Hall–Kier alpha value is -2.28. The predicted molar refractivity (Wildman–Crippen MR) is 103 cm³/mol. The summed E-state index contributed by atoms with van der Waals surface area (Å²) in [6.45, 7) is 8.96. The third-order valence-electron chi connectivity index (χ3n) is 3.57. The Balaban J connectivity index is 2.14. The van der Waals surface area contributed by atoms with Gasteiger partial charge in [0, 0.05) is 10.7 Å². The molecule has 2 rings (SSSR count). The molecule has 0 atom stereocenters. The van der Waals surface area contributed by atoms with Gasteiger partial charge in [-0.15, -0.1) is 0 Å². The third-order valence-corrected chi connectivity index (χ3v) is 4.06. The summed E-state index contributed by atoms with van der Waals surface area (Å²) in [7, 11) is 0. The van der Waals surface area contributed by atoms with Crippen molar-refractivity contribution >= 4 is 33.5 Å². The van der Waals surface area contributed by atoms with Crippen LogP contribution in [0.15, 0.2) is 41.1 Å². The molecule has 0 spiro atoms. The van der Waals surface area contributed by atoms with Crippen molar-refractivity contribution in [1.29, 1.82) is 0 Å². The molecule has 0 aliphatic carbocycles. The first kappa shape index (κ1) is 20.0. The van der Waals surface area contributed by atoms with E-state index >= 15 is 0 Å². The number of rotatable bonds is 4. The van der Waals surface area contributed by atoms with E-state index in [1.807, 2.05) is 6.07 Å². The maximum atomic E-state index is 12.9. The average Bonchev–Trinajstić information content (AvgIpc) is 2.53. The molecule has 2 aromatic heterocycles. The minimum absolute atomic E-state index is 0.160. The number of carbonyl (C=O) groups excluding carboxylic acids is 2. The van der Waals surface area contributed by atoms with E-state index in [4.69, 9.17) is 4.74 Å². The molecule has 7 heteroatoms. The van der Waals surface area contributed by atoms with Gasteiger partial charge in [0.05, 0.1) is 23.0 Å². The summed E-state index contributed by atoms with van der Waals surface area (Å²) in [5.74, 6) is -0.160. The molecule has 1 amide bonds. The van der Waals surface area contributed by atoms with E-state index in [0.29, 0.717) is 17.1 Å². The minimum Gasteiger partial charge on any atom is -0.444 e. The van der Waals surface area contributed by atoms with Crippen molar-refractivity contribution in [1.82, 2.24) is 9.97 Å². The van der Waals surface area contributed by atoms with Crippen molar-refractivity contribution in [2.24, 2.45) is 0 Å². The third kappa shape index (κ3) is 5.11. The largest absolute Gasteiger partial charge is 0.444 e. The highest BCUT2D eigenvalue weighted by Gasteiger charge is 2.33. The summed E-state index contributed by atoms with van der Waals surface area (Å²) < 4.78 is 6.04. The quantitative estimate of drug-likeness (QED) is 0.723. The van der Waals surface area contributed by atoms with E-state index in [0.717, 1.165) is 4.47 Å². The van der Waals surface area contributed by atoms with Gasteiger partial charge in [0.25, 0.3) is 0 Å². The summed E-state index contributed by atoms with van der Waals surface area (Å²) in [5, 5.41) is 2.59. The molecule has 2 aromatic rings. The van der Waals surface area contributed by atoms with Gasteiger partial charge in [-0.05, 0) is 58.9 Å². The van der Waals surface area contributed by atoms with Crippen molar-refractivity contribution < 1.29 is 14.3 Å². The lowest BCUT2D eigenvalue weighted by molar-refractivity contribution is 0.0635. The van der Waals surface area contributed by atoms with Crippen molar-refractivity contribution in [2.75, 3.05) is 5.32 Å². The lowest BCUT2D eigenvalue weighted by atomic mass is 9.82. The van der Waals surface area contributed by atoms with E-state index < -0.39 is 17.1 Å². The van der Waals surface area contributed by atoms with Crippen LogP contribution >= 0.6 is 15.9 Å². The van der Waals surface area contributed by atoms with Crippen LogP contribution < -0.4 is 5.32 Å². The van der Waals surface area contributed by atoms with Gasteiger partial charge in [0.2, 0.25) is 0 Å². The Bertz CT molecular complexity index is 812. The maximum Gasteiger partial charge on any atom is 0.412 e. The topological polar surface area (TPSA) is 81.2 Å². The van der Waals surface area contributed by atoms with E-state index in [2.05, 4.69) is 31.2 Å². The first-order chi connectivity index (χ1) is 12.0. The summed E-state index contributed by atoms with van der Waals surface area (Å²) in [6.07, 6.45) is 2.51. The SMILES string of the molecule is CC(C)(C)OC(=O)Nc1ccc(C(=O)C(C)(C)c2cc(Br)ccn2)nc1. The molecule has 0 saturated carbocycles. The molecule has 0 radical (unpaired) electrons. The molecule has 2 heterocycles. The predicted octanol–water partition coefficient (Wildman–Crippen LogP) is 4.75. The van der Waals surface area contributed by atoms with Gasteiger partial charge in [-0.1, -0.05) is 15.9 Å². The van der Waals surface area contributed by atoms with Crippen LogP contribution in [0.25, 0.3) is 0 Å². The monoisotopic (exact) mass is 419 g/mol. The Kier molecular flexibility index (Phi) is 5.81. The molecule has 0 aliphatic heterocycles. The van der Waals surface area contributed by atoms with Crippen LogP contribution in [-0.4, -0.2) is 27.4 Å². The molecule has 138 valence electrons. The van der Waals surface area contributed by atoms with Crippen molar-refractivity contribution in [3.05, 3.63) is 52.5 Å². The number of nitrogens with one attached hydrogen (secondary N) is 1. The molecular formula is C19H22BrN3O3. The zero-order valence-electron chi connectivity index (χ0n) is 15.5. The Morgan fingerprint density at radius 1 is 1.08 bits per heavy atom. The molecule has 0 aliphatic rings. The lowest BCUT2D eigenvalue weighted by Gasteiger charge is -2.22. The number of halogens is 1. The number of pyridine rings is 2. The van der Waals surface area contributed by atoms with Gasteiger partial charge < -0.3 is 4.74 Å². The number of carbonyl (C=O) groups is 2. The molecule has 0 aromatic carbocycles. The first-order valence-electron chi connectivity index (χ1n) is 8.12. The average molecular weight is 420 g/mol. The van der Waals surface area contributed by atoms with Gasteiger partial charge >= 0.3 is 6.09 Å². The molecule has 6 nitrogen and oxygen atoms in total. The van der Waals surface area contributed by atoms with Crippen LogP contribution in [0, 0.1) is 0 Å². The van der Waals surface area contributed by atoms with Crippen LogP contribution in [0.4, 0.5) is 10.5 Å². The molecule has 0 bridgehead atoms. The van der Waals surface area contributed by atoms with Crippen LogP contribution in [0.5, 0.6) is 0 Å². The number of nitrogens with zero attached hydrogens (tertiary/aromatic N) is 2. The fraction of sp³-hybridized carbons (Fsp3) is 0.368. The highest BCUT2D eigenvalue weighted by atomic mass is 79.9. The molecule has 0 fully saturated rings. The van der Waals surface area contributed by atoms with Gasteiger partial charge in [0.15, 0.2) is 5.78 Å². The summed E-state index contributed by atoms with van der Waals surface area (Å²) in [5.41, 5.74) is -0.0269. The lowest BCUT2D eigenvalue weighted by Crippen LogP contribution is -2.31. The molecule has 26 heavy (non-hydrogen) atoms. The Morgan fingerprint density at radius 3 is 2.31 bits per heavy atom. The first-order valence-corrected chi connectivity index (χ1v) is 8.91. The second kappa shape index (κ2) is 7.53. The van der Waals surface area contributed by atoms with E-state index in [1.54, 1.807) is 59.0 Å². The normalized spacial score (nSPS) is 11.8. The van der Waals surface area contributed by atoms with Gasteiger partial charge in [-0.3, -0.25) is 20.1 Å². The molecule has 1 N–H and O–H groups in total. The van der Waals surface area contributed by atoms with Crippen LogP contribution in [0.1, 0.15) is 50.8 Å². The van der Waals surface area contributed by atoms with Crippen LogP contribution in [-0.2, 0) is 10.2 Å². The molecular weight excluding hydrogens is 398 g/mol. The summed E-state index contributed by atoms with van der Waals surface area (Å²) >= 11 is 3.39. The number of aromatic nitrogens is 2. The second-order valence-electron chi connectivity index (χ2n) is 7.37. The van der Waals surface area contributed by atoms with Gasteiger partial charge in [0.1, 0.15) is 11.3 Å². The maximum absolute atomic E-state index is 12.9. The van der Waals surface area contributed by atoms with Crippen molar-refractivity contribution in [3.8, 4) is 0 Å². The van der Waals surface area contributed by atoms with E-state index in [-0.39, 0.29) is 5.78 Å². The van der Waals surface area contributed by atoms with Crippen LogP contribution in [0.2, 0.25) is 0 Å². The minimum atomic E-state index is -0.836. The highest BCUT2D eigenvalue weighted by molar-refractivity contribution is 9.10. The van der Waals surface area contributed by atoms with Crippen LogP contribution in [0.3, 0.4) is 0 Å². The van der Waals surface area contributed by atoms with E-state index in [1.165, 1.54) is 6.20 Å². The van der Waals surface area contributed by atoms with Gasteiger partial charge in [-0.2, -0.15) is 0 Å². The zero-order chi connectivity index (χ0) is 19.5. The smallest absolute Gasteiger partial charge is 0.412 e.